The fourth-order valence-electron chi connectivity index (χ4n) is 2.43. The van der Waals surface area contributed by atoms with Gasteiger partial charge in [0.05, 0.1) is 12.2 Å². The van der Waals surface area contributed by atoms with Crippen molar-refractivity contribution in [3.63, 3.8) is 0 Å². The maximum Gasteiger partial charge on any atom is 0.193 e. The Morgan fingerprint density at radius 3 is 2.92 bits per heavy atom. The Morgan fingerprint density at radius 1 is 1.33 bits per heavy atom. The molecule has 0 aliphatic carbocycles. The van der Waals surface area contributed by atoms with Crippen LogP contribution in [0.5, 0.6) is 0 Å². The molecule has 0 unspecified atom stereocenters. The van der Waals surface area contributed by atoms with Crippen LogP contribution in [0.2, 0.25) is 0 Å². The zero-order chi connectivity index (χ0) is 16.1. The van der Waals surface area contributed by atoms with Crippen LogP contribution < -0.4 is 5.32 Å². The highest BCUT2D eigenvalue weighted by molar-refractivity contribution is 14.0. The smallest absolute Gasteiger partial charge is 0.193 e. The molecule has 7 nitrogen and oxygen atoms in total. The van der Waals surface area contributed by atoms with Crippen molar-refractivity contribution in [2.45, 2.75) is 13.0 Å². The third-order valence-corrected chi connectivity index (χ3v) is 3.54. The van der Waals surface area contributed by atoms with E-state index >= 15 is 0 Å². The van der Waals surface area contributed by atoms with E-state index in [1.165, 1.54) is 0 Å². The molecule has 1 N–H and O–H groups in total. The van der Waals surface area contributed by atoms with Crippen LogP contribution in [-0.2, 0) is 13.0 Å². The summed E-state index contributed by atoms with van der Waals surface area (Å²) in [5.74, 6) is 0.816. The Balaban J connectivity index is 0.00000208. The first-order valence-electron chi connectivity index (χ1n) is 7.50. The van der Waals surface area contributed by atoms with Gasteiger partial charge >= 0.3 is 0 Å². The maximum atomic E-state index is 4.85. The van der Waals surface area contributed by atoms with E-state index in [2.05, 4.69) is 26.6 Å². The molecule has 128 valence electrons. The number of nitrogens with one attached hydrogen (secondary N) is 1. The fraction of sp³-hybridized carbons (Fsp3) is 0.312. The summed E-state index contributed by atoms with van der Waals surface area (Å²) in [7, 11) is 3.74. The monoisotopic (exact) mass is 440 g/mol. The molecule has 0 radical (unpaired) electrons. The quantitative estimate of drug-likeness (QED) is 0.374. The molecule has 0 amide bonds. The van der Waals surface area contributed by atoms with Gasteiger partial charge in [0.1, 0.15) is 17.6 Å². The van der Waals surface area contributed by atoms with Crippen LogP contribution in [0.25, 0.3) is 5.65 Å². The van der Waals surface area contributed by atoms with Gasteiger partial charge in [-0.25, -0.2) is 4.98 Å². The number of hydrogen-bond acceptors (Lipinski definition) is 4. The first-order valence-corrected chi connectivity index (χ1v) is 7.50. The van der Waals surface area contributed by atoms with Gasteiger partial charge in [0.15, 0.2) is 5.96 Å². The zero-order valence-electron chi connectivity index (χ0n) is 13.7. The molecule has 0 saturated heterocycles. The molecule has 3 aromatic heterocycles. The summed E-state index contributed by atoms with van der Waals surface area (Å²) in [6.45, 7) is 1.41. The number of guanidine groups is 1. The Kier molecular flexibility index (Phi) is 6.59. The fourth-order valence-corrected chi connectivity index (χ4v) is 2.43. The molecule has 0 aliphatic heterocycles. The van der Waals surface area contributed by atoms with Gasteiger partial charge in [0.25, 0.3) is 0 Å². The van der Waals surface area contributed by atoms with Crippen molar-refractivity contribution in [3.05, 3.63) is 54.3 Å². The van der Waals surface area contributed by atoms with E-state index in [0.29, 0.717) is 6.54 Å². The molecule has 3 heterocycles. The van der Waals surface area contributed by atoms with Gasteiger partial charge in [-0.2, -0.15) is 0 Å². The Morgan fingerprint density at radius 2 is 2.21 bits per heavy atom. The van der Waals surface area contributed by atoms with Crippen molar-refractivity contribution in [2.75, 3.05) is 20.6 Å². The minimum Gasteiger partial charge on any atom is -0.364 e. The van der Waals surface area contributed by atoms with Crippen LogP contribution in [0.1, 0.15) is 11.4 Å². The lowest BCUT2D eigenvalue weighted by molar-refractivity contribution is 0.391. The number of rotatable bonds is 5. The molecular weight excluding hydrogens is 419 g/mol. The van der Waals surface area contributed by atoms with E-state index in [1.807, 2.05) is 46.8 Å². The highest BCUT2D eigenvalue weighted by Gasteiger charge is 2.08. The van der Waals surface area contributed by atoms with Crippen molar-refractivity contribution >= 4 is 35.6 Å². The van der Waals surface area contributed by atoms with Crippen molar-refractivity contribution in [2.24, 2.45) is 4.99 Å². The average Bonchev–Trinajstić information content (AvgIpc) is 3.20. The molecule has 0 aliphatic rings. The molecule has 0 aromatic carbocycles. The summed E-state index contributed by atoms with van der Waals surface area (Å²) in [6.07, 6.45) is 6.46. The Labute approximate surface area is 157 Å². The van der Waals surface area contributed by atoms with Gasteiger partial charge in [-0.05, 0) is 12.1 Å². The van der Waals surface area contributed by atoms with Gasteiger partial charge < -0.3 is 19.1 Å². The van der Waals surface area contributed by atoms with E-state index in [0.717, 1.165) is 36.0 Å². The minimum atomic E-state index is 0. The molecule has 0 fully saturated rings. The zero-order valence-corrected chi connectivity index (χ0v) is 16.0. The summed E-state index contributed by atoms with van der Waals surface area (Å²) in [5, 5.41) is 7.26. The first-order chi connectivity index (χ1) is 11.3. The van der Waals surface area contributed by atoms with E-state index in [1.54, 1.807) is 13.3 Å². The topological polar surface area (TPSA) is 71.0 Å². The second-order valence-electron chi connectivity index (χ2n) is 5.27. The van der Waals surface area contributed by atoms with Crippen molar-refractivity contribution in [3.8, 4) is 0 Å². The van der Waals surface area contributed by atoms with Crippen molar-refractivity contribution in [1.29, 1.82) is 0 Å². The predicted octanol–water partition coefficient (Wildman–Crippen LogP) is 2.19. The molecule has 0 bridgehead atoms. The molecule has 8 heteroatoms. The molecule has 0 saturated carbocycles. The number of hydrogen-bond donors (Lipinski definition) is 1. The summed E-state index contributed by atoms with van der Waals surface area (Å²) in [5.41, 5.74) is 2.89. The number of aromatic nitrogens is 3. The predicted molar refractivity (Wildman–Crippen MR) is 104 cm³/mol. The average molecular weight is 440 g/mol. The number of pyridine rings is 1. The number of imidazole rings is 1. The minimum absolute atomic E-state index is 0. The first kappa shape index (κ1) is 18.2. The van der Waals surface area contributed by atoms with Gasteiger partial charge in [0.2, 0.25) is 0 Å². The van der Waals surface area contributed by atoms with Crippen LogP contribution in [0.15, 0.2) is 52.4 Å². The molecule has 24 heavy (non-hydrogen) atoms. The van der Waals surface area contributed by atoms with E-state index in [4.69, 9.17) is 4.52 Å². The van der Waals surface area contributed by atoms with E-state index < -0.39 is 0 Å². The van der Waals surface area contributed by atoms with Gasteiger partial charge in [0, 0.05) is 45.5 Å². The molecule has 3 rings (SSSR count). The van der Waals surface area contributed by atoms with Gasteiger partial charge in [-0.1, -0.05) is 11.2 Å². The summed E-state index contributed by atoms with van der Waals surface area (Å²) in [6, 6.07) is 7.84. The standard InChI is InChI=1S/C16H20N6O.HI/c1-17-16(21(2)11-14-7-10-23-20-14)18-8-6-13-12-22-9-4-3-5-15(22)19-13;/h3-5,7,9-10,12H,6,8,11H2,1-2H3,(H,17,18);1H. The van der Waals surface area contributed by atoms with Crippen molar-refractivity contribution < 1.29 is 4.52 Å². The van der Waals surface area contributed by atoms with Crippen LogP contribution in [0.3, 0.4) is 0 Å². The van der Waals surface area contributed by atoms with E-state index in [-0.39, 0.29) is 24.0 Å². The normalized spacial score (nSPS) is 11.3. The lowest BCUT2D eigenvalue weighted by Gasteiger charge is -2.20. The Hall–Kier alpha value is -2.10. The lowest BCUT2D eigenvalue weighted by Crippen LogP contribution is -2.39. The van der Waals surface area contributed by atoms with Gasteiger partial charge in [-0.15, -0.1) is 24.0 Å². The third kappa shape index (κ3) is 4.47. The number of fused-ring (bicyclic) bond motifs is 1. The number of aliphatic imine (C=N–C) groups is 1. The maximum absolute atomic E-state index is 4.85. The SMILES string of the molecule is CN=C(NCCc1cn2ccccc2n1)N(C)Cc1ccon1.I. The third-order valence-electron chi connectivity index (χ3n) is 3.54. The molecule has 0 atom stereocenters. The lowest BCUT2D eigenvalue weighted by atomic mass is 10.3. The summed E-state index contributed by atoms with van der Waals surface area (Å²) < 4.78 is 6.88. The molecule has 0 spiro atoms. The van der Waals surface area contributed by atoms with Crippen LogP contribution >= 0.6 is 24.0 Å². The second-order valence-corrected chi connectivity index (χ2v) is 5.27. The number of halogens is 1. The number of nitrogens with zero attached hydrogens (tertiary/aromatic N) is 5. The van der Waals surface area contributed by atoms with Crippen molar-refractivity contribution in [1.82, 2.24) is 24.8 Å². The van der Waals surface area contributed by atoms with Crippen LogP contribution in [-0.4, -0.2) is 46.0 Å². The van der Waals surface area contributed by atoms with Gasteiger partial charge in [-0.3, -0.25) is 4.99 Å². The Bertz CT molecular complexity index is 750. The molecule has 3 aromatic rings. The summed E-state index contributed by atoms with van der Waals surface area (Å²) >= 11 is 0. The highest BCUT2D eigenvalue weighted by Crippen LogP contribution is 2.05. The second kappa shape index (κ2) is 8.67. The van der Waals surface area contributed by atoms with Crippen LogP contribution in [0, 0.1) is 0 Å². The largest absolute Gasteiger partial charge is 0.364 e. The summed E-state index contributed by atoms with van der Waals surface area (Å²) in [4.78, 5) is 10.9. The van der Waals surface area contributed by atoms with Crippen LogP contribution in [0.4, 0.5) is 0 Å². The van der Waals surface area contributed by atoms with E-state index in [9.17, 15) is 0 Å². The highest BCUT2D eigenvalue weighted by atomic mass is 127. The molecular formula is C16H21IN6O.